The lowest BCUT2D eigenvalue weighted by Crippen LogP contribution is -2.35. The zero-order chi connectivity index (χ0) is 23.9. The summed E-state index contributed by atoms with van der Waals surface area (Å²) >= 11 is 6.16. The number of aryl methyl sites for hydroxylation is 1. The SMILES string of the molecule is CCc1ccc2c(c1)Cc1cccc(c1)CN(C(=O)Cc1c(F)cccc1Cl)CCOCCO2. The first-order valence-corrected chi connectivity index (χ1v) is 12.0. The van der Waals surface area contributed by atoms with Gasteiger partial charge >= 0.3 is 0 Å². The lowest BCUT2D eigenvalue weighted by Gasteiger charge is -2.24. The van der Waals surface area contributed by atoms with Crippen LogP contribution in [0.1, 0.15) is 34.7 Å². The zero-order valence-corrected chi connectivity index (χ0v) is 20.1. The zero-order valence-electron chi connectivity index (χ0n) is 19.4. The van der Waals surface area contributed by atoms with E-state index in [1.807, 2.05) is 18.2 Å². The van der Waals surface area contributed by atoms with Crippen molar-refractivity contribution in [1.29, 1.82) is 0 Å². The van der Waals surface area contributed by atoms with E-state index in [0.29, 0.717) is 32.9 Å². The molecule has 2 bridgehead atoms. The number of benzene rings is 3. The van der Waals surface area contributed by atoms with Crippen LogP contribution in [-0.2, 0) is 35.3 Å². The molecule has 1 heterocycles. The number of nitrogens with zero attached hydrogens (tertiary/aromatic N) is 1. The molecule has 6 heteroatoms. The van der Waals surface area contributed by atoms with Gasteiger partial charge in [-0.1, -0.05) is 61.0 Å². The number of halogens is 2. The van der Waals surface area contributed by atoms with Crippen LogP contribution in [0.15, 0.2) is 60.7 Å². The fourth-order valence-electron chi connectivity index (χ4n) is 4.15. The molecule has 0 saturated carbocycles. The molecule has 0 unspecified atom stereocenters. The van der Waals surface area contributed by atoms with Crippen molar-refractivity contribution in [2.24, 2.45) is 0 Å². The molecule has 0 radical (unpaired) electrons. The van der Waals surface area contributed by atoms with Gasteiger partial charge < -0.3 is 14.4 Å². The van der Waals surface area contributed by atoms with Crippen LogP contribution in [-0.4, -0.2) is 37.2 Å². The molecule has 1 aliphatic heterocycles. The van der Waals surface area contributed by atoms with Gasteiger partial charge in [0.25, 0.3) is 0 Å². The van der Waals surface area contributed by atoms with Crippen molar-refractivity contribution in [2.75, 3.05) is 26.4 Å². The fourth-order valence-corrected chi connectivity index (χ4v) is 4.38. The van der Waals surface area contributed by atoms with Crippen molar-refractivity contribution in [3.05, 3.63) is 99.3 Å². The lowest BCUT2D eigenvalue weighted by atomic mass is 9.99. The summed E-state index contributed by atoms with van der Waals surface area (Å²) in [5.41, 5.74) is 4.78. The Kier molecular flexibility index (Phi) is 8.20. The molecule has 3 aromatic rings. The third-order valence-corrected chi connectivity index (χ3v) is 6.38. The Morgan fingerprint density at radius 1 is 1.03 bits per heavy atom. The molecule has 0 N–H and O–H groups in total. The number of fused-ring (bicyclic) bond motifs is 3. The molecule has 0 atom stereocenters. The van der Waals surface area contributed by atoms with Gasteiger partial charge in [0.15, 0.2) is 0 Å². The van der Waals surface area contributed by atoms with E-state index in [4.69, 9.17) is 21.1 Å². The second-order valence-corrected chi connectivity index (χ2v) is 8.85. The van der Waals surface area contributed by atoms with E-state index in [9.17, 15) is 9.18 Å². The minimum absolute atomic E-state index is 0.0958. The van der Waals surface area contributed by atoms with Gasteiger partial charge in [-0.05, 0) is 46.9 Å². The van der Waals surface area contributed by atoms with E-state index < -0.39 is 5.82 Å². The normalized spacial score (nSPS) is 14.6. The van der Waals surface area contributed by atoms with Crippen LogP contribution in [0.25, 0.3) is 0 Å². The summed E-state index contributed by atoms with van der Waals surface area (Å²) in [4.78, 5) is 14.9. The van der Waals surface area contributed by atoms with Gasteiger partial charge in [-0.15, -0.1) is 0 Å². The predicted molar refractivity (Wildman–Crippen MR) is 132 cm³/mol. The quantitative estimate of drug-likeness (QED) is 0.488. The Morgan fingerprint density at radius 3 is 2.68 bits per heavy atom. The van der Waals surface area contributed by atoms with Crippen molar-refractivity contribution >= 4 is 17.5 Å². The highest BCUT2D eigenvalue weighted by molar-refractivity contribution is 6.31. The number of ether oxygens (including phenoxy) is 2. The van der Waals surface area contributed by atoms with E-state index in [-0.39, 0.29) is 22.9 Å². The summed E-state index contributed by atoms with van der Waals surface area (Å²) in [6.07, 6.45) is 1.59. The van der Waals surface area contributed by atoms with Crippen molar-refractivity contribution in [2.45, 2.75) is 32.7 Å². The Balaban J connectivity index is 1.59. The molecule has 4 rings (SSSR count). The van der Waals surface area contributed by atoms with Gasteiger partial charge in [0.05, 0.1) is 19.6 Å². The molecule has 1 amide bonds. The van der Waals surface area contributed by atoms with E-state index in [0.717, 1.165) is 35.3 Å². The summed E-state index contributed by atoms with van der Waals surface area (Å²) in [5, 5.41) is 0.260. The molecule has 0 saturated heterocycles. The van der Waals surface area contributed by atoms with Gasteiger partial charge in [0, 0.05) is 30.1 Å². The van der Waals surface area contributed by atoms with Crippen LogP contribution in [0, 0.1) is 5.82 Å². The maximum Gasteiger partial charge on any atom is 0.227 e. The number of amides is 1. The van der Waals surface area contributed by atoms with Crippen LogP contribution in [0.5, 0.6) is 5.75 Å². The summed E-state index contributed by atoms with van der Waals surface area (Å²) in [7, 11) is 0. The van der Waals surface area contributed by atoms with Crippen LogP contribution >= 0.6 is 11.6 Å². The predicted octanol–water partition coefficient (Wildman–Crippen LogP) is 5.61. The highest BCUT2D eigenvalue weighted by Gasteiger charge is 2.19. The Morgan fingerprint density at radius 2 is 1.85 bits per heavy atom. The molecule has 0 aromatic heterocycles. The molecule has 1 aliphatic rings. The minimum atomic E-state index is -0.469. The highest BCUT2D eigenvalue weighted by Crippen LogP contribution is 2.25. The molecule has 3 aromatic carbocycles. The van der Waals surface area contributed by atoms with Crippen molar-refractivity contribution in [3.63, 3.8) is 0 Å². The van der Waals surface area contributed by atoms with Crippen molar-refractivity contribution in [1.82, 2.24) is 4.90 Å². The topological polar surface area (TPSA) is 38.8 Å². The van der Waals surface area contributed by atoms with Crippen LogP contribution < -0.4 is 4.74 Å². The van der Waals surface area contributed by atoms with Crippen molar-refractivity contribution in [3.8, 4) is 5.75 Å². The summed E-state index contributed by atoms with van der Waals surface area (Å²) in [6, 6.07) is 19.0. The maximum absolute atomic E-state index is 14.3. The van der Waals surface area contributed by atoms with Gasteiger partial charge in [0.1, 0.15) is 18.2 Å². The van der Waals surface area contributed by atoms with E-state index in [2.05, 4.69) is 31.2 Å². The number of hydrogen-bond donors (Lipinski definition) is 0. The number of carbonyl (C=O) groups excluding carboxylic acids is 1. The largest absolute Gasteiger partial charge is 0.491 e. The van der Waals surface area contributed by atoms with E-state index >= 15 is 0 Å². The second kappa shape index (κ2) is 11.5. The average molecular weight is 482 g/mol. The van der Waals surface area contributed by atoms with Crippen LogP contribution in [0.2, 0.25) is 5.02 Å². The average Bonchev–Trinajstić information content (AvgIpc) is 2.83. The smallest absolute Gasteiger partial charge is 0.227 e. The number of hydrogen-bond acceptors (Lipinski definition) is 3. The Bertz CT molecular complexity index is 1130. The molecule has 178 valence electrons. The fraction of sp³-hybridized carbons (Fsp3) is 0.321. The van der Waals surface area contributed by atoms with Gasteiger partial charge in [-0.25, -0.2) is 4.39 Å². The van der Waals surface area contributed by atoms with Gasteiger partial charge in [0.2, 0.25) is 5.91 Å². The van der Waals surface area contributed by atoms with E-state index in [1.54, 1.807) is 11.0 Å². The summed E-state index contributed by atoms with van der Waals surface area (Å²) in [5.74, 6) is 0.215. The first-order chi connectivity index (χ1) is 16.5. The number of carbonyl (C=O) groups is 1. The van der Waals surface area contributed by atoms with Gasteiger partial charge in [-0.2, -0.15) is 0 Å². The second-order valence-electron chi connectivity index (χ2n) is 8.45. The number of rotatable bonds is 3. The van der Waals surface area contributed by atoms with Crippen LogP contribution in [0.4, 0.5) is 4.39 Å². The highest BCUT2D eigenvalue weighted by atomic mass is 35.5. The monoisotopic (exact) mass is 481 g/mol. The standard InChI is InChI=1S/C28H29ClFNO3/c1-2-20-9-10-27-23(16-20)17-21-5-3-6-22(15-21)19-31(11-12-33-13-14-34-27)28(32)18-24-25(29)7-4-8-26(24)30/h3-10,15-16H,2,11-14,17-19H2,1H3. The van der Waals surface area contributed by atoms with Crippen LogP contribution in [0.3, 0.4) is 0 Å². The Hall–Kier alpha value is -2.89. The molecule has 0 fully saturated rings. The molecular formula is C28H29ClFNO3. The first-order valence-electron chi connectivity index (χ1n) is 11.6. The minimum Gasteiger partial charge on any atom is -0.491 e. The van der Waals surface area contributed by atoms with Gasteiger partial charge in [-0.3, -0.25) is 4.79 Å². The third-order valence-electron chi connectivity index (χ3n) is 6.03. The maximum atomic E-state index is 14.3. The van der Waals surface area contributed by atoms with E-state index in [1.165, 1.54) is 17.7 Å². The molecule has 4 nitrogen and oxygen atoms in total. The van der Waals surface area contributed by atoms with Crippen molar-refractivity contribution < 1.29 is 18.7 Å². The third kappa shape index (κ3) is 6.16. The molecule has 0 aliphatic carbocycles. The summed E-state index contributed by atoms with van der Waals surface area (Å²) in [6.45, 7) is 4.16. The molecule has 0 spiro atoms. The molecular weight excluding hydrogens is 453 g/mol. The lowest BCUT2D eigenvalue weighted by molar-refractivity contribution is -0.132. The molecule has 34 heavy (non-hydrogen) atoms. The Labute approximate surface area is 205 Å². The summed E-state index contributed by atoms with van der Waals surface area (Å²) < 4.78 is 26.1. The first kappa shape index (κ1) is 24.2.